The van der Waals surface area contributed by atoms with E-state index in [0.29, 0.717) is 0 Å². The minimum atomic E-state index is -0.736. The van der Waals surface area contributed by atoms with Crippen LogP contribution in [0.1, 0.15) is 44.2 Å². The predicted molar refractivity (Wildman–Crippen MR) is 73.1 cm³/mol. The lowest BCUT2D eigenvalue weighted by atomic mass is 9.95. The number of phenolic OH excluding ortho intramolecular Hbond substituents is 1. The van der Waals surface area contributed by atoms with Crippen molar-refractivity contribution in [3.8, 4) is 5.75 Å². The topological polar surface area (TPSA) is 60.8 Å². The van der Waals surface area contributed by atoms with Crippen LogP contribution in [0.25, 0.3) is 0 Å². The first-order chi connectivity index (χ1) is 9.08. The molecular weight excluding hydrogens is 242 g/mol. The molecule has 2 rings (SSSR count). The lowest BCUT2D eigenvalue weighted by Crippen LogP contribution is -2.42. The zero-order valence-electron chi connectivity index (χ0n) is 11.2. The van der Waals surface area contributed by atoms with Crippen molar-refractivity contribution in [2.24, 2.45) is 0 Å². The Morgan fingerprint density at radius 2 is 2.26 bits per heavy atom. The highest BCUT2D eigenvalue weighted by molar-refractivity contribution is 5.67. The van der Waals surface area contributed by atoms with Crippen LogP contribution in [0, 0.1) is 0 Å². The second-order valence-corrected chi connectivity index (χ2v) is 5.26. The van der Waals surface area contributed by atoms with Gasteiger partial charge in [0.05, 0.1) is 6.42 Å². The van der Waals surface area contributed by atoms with Gasteiger partial charge in [0.15, 0.2) is 0 Å². The van der Waals surface area contributed by atoms with Gasteiger partial charge in [0, 0.05) is 12.1 Å². The number of piperidine rings is 1. The average Bonchev–Trinajstić information content (AvgIpc) is 2.38. The van der Waals surface area contributed by atoms with E-state index in [4.69, 9.17) is 5.11 Å². The van der Waals surface area contributed by atoms with Crippen molar-refractivity contribution in [1.82, 2.24) is 4.90 Å². The molecule has 0 saturated carbocycles. The largest absolute Gasteiger partial charge is 0.508 e. The number of phenols is 1. The summed E-state index contributed by atoms with van der Waals surface area (Å²) in [6, 6.07) is 7.46. The Balaban J connectivity index is 2.14. The number of carboxylic acid groups (broad SMARTS) is 1. The van der Waals surface area contributed by atoms with Crippen molar-refractivity contribution in [3.05, 3.63) is 29.8 Å². The van der Waals surface area contributed by atoms with Crippen LogP contribution < -0.4 is 0 Å². The fourth-order valence-corrected chi connectivity index (χ4v) is 2.93. The molecule has 0 spiro atoms. The van der Waals surface area contributed by atoms with Crippen molar-refractivity contribution in [3.63, 3.8) is 0 Å². The molecule has 1 aliphatic rings. The maximum atomic E-state index is 11.0. The number of carboxylic acids is 1. The molecule has 1 aromatic carbocycles. The first kappa shape index (κ1) is 13.9. The molecule has 2 unspecified atom stereocenters. The third-order valence-electron chi connectivity index (χ3n) is 3.93. The molecule has 4 heteroatoms. The van der Waals surface area contributed by atoms with Gasteiger partial charge in [0.2, 0.25) is 0 Å². The summed E-state index contributed by atoms with van der Waals surface area (Å²) in [5.41, 5.74) is 1.04. The molecule has 1 fully saturated rings. The summed E-state index contributed by atoms with van der Waals surface area (Å²) in [7, 11) is 0. The van der Waals surface area contributed by atoms with E-state index >= 15 is 0 Å². The van der Waals surface area contributed by atoms with Gasteiger partial charge in [-0.3, -0.25) is 9.69 Å². The molecule has 0 aliphatic carbocycles. The van der Waals surface area contributed by atoms with Gasteiger partial charge >= 0.3 is 5.97 Å². The van der Waals surface area contributed by atoms with E-state index in [9.17, 15) is 9.90 Å². The van der Waals surface area contributed by atoms with Gasteiger partial charge in [-0.1, -0.05) is 18.6 Å². The van der Waals surface area contributed by atoms with E-state index in [1.165, 1.54) is 0 Å². The number of benzene rings is 1. The smallest absolute Gasteiger partial charge is 0.304 e. The number of hydrogen-bond donors (Lipinski definition) is 2. The third kappa shape index (κ3) is 3.47. The molecule has 0 radical (unpaired) electrons. The first-order valence-corrected chi connectivity index (χ1v) is 6.84. The standard InChI is InChI=1S/C15H21NO3/c1-11(12-5-4-7-14(17)9-12)16-8-3-2-6-13(16)10-15(18)19/h4-5,7,9,11,13,17H,2-3,6,8,10H2,1H3,(H,18,19). The van der Waals surface area contributed by atoms with Gasteiger partial charge in [-0.15, -0.1) is 0 Å². The molecule has 4 nitrogen and oxygen atoms in total. The van der Waals surface area contributed by atoms with Crippen LogP contribution >= 0.6 is 0 Å². The first-order valence-electron chi connectivity index (χ1n) is 6.84. The SMILES string of the molecule is CC(c1cccc(O)c1)N1CCCCC1CC(=O)O. The Morgan fingerprint density at radius 1 is 1.47 bits per heavy atom. The lowest BCUT2D eigenvalue weighted by molar-refractivity contribution is -0.139. The van der Waals surface area contributed by atoms with Gasteiger partial charge in [0.1, 0.15) is 5.75 Å². The number of aromatic hydroxyl groups is 1. The van der Waals surface area contributed by atoms with Crippen LogP contribution in [-0.2, 0) is 4.79 Å². The number of likely N-dealkylation sites (tertiary alicyclic amines) is 1. The van der Waals surface area contributed by atoms with Crippen LogP contribution in [0.3, 0.4) is 0 Å². The predicted octanol–water partition coefficient (Wildman–Crippen LogP) is 2.78. The molecule has 1 saturated heterocycles. The van der Waals surface area contributed by atoms with Crippen molar-refractivity contribution in [2.75, 3.05) is 6.54 Å². The summed E-state index contributed by atoms with van der Waals surface area (Å²) >= 11 is 0. The van der Waals surface area contributed by atoms with Crippen molar-refractivity contribution in [2.45, 2.75) is 44.7 Å². The summed E-state index contributed by atoms with van der Waals surface area (Å²) in [6.07, 6.45) is 3.35. The van der Waals surface area contributed by atoms with Gasteiger partial charge < -0.3 is 10.2 Å². The summed E-state index contributed by atoms with van der Waals surface area (Å²) in [6.45, 7) is 3.00. The highest BCUT2D eigenvalue weighted by Crippen LogP contribution is 2.30. The monoisotopic (exact) mass is 263 g/mol. The zero-order chi connectivity index (χ0) is 13.8. The van der Waals surface area contributed by atoms with Crippen LogP contribution in [0.4, 0.5) is 0 Å². The van der Waals surface area contributed by atoms with E-state index in [1.807, 2.05) is 12.1 Å². The minimum absolute atomic E-state index is 0.101. The molecule has 1 aliphatic heterocycles. The summed E-state index contributed by atoms with van der Waals surface area (Å²) in [5, 5.41) is 18.6. The summed E-state index contributed by atoms with van der Waals surface area (Å²) in [5.74, 6) is -0.476. The maximum Gasteiger partial charge on any atom is 0.304 e. The molecule has 104 valence electrons. The number of nitrogens with zero attached hydrogens (tertiary/aromatic N) is 1. The summed E-state index contributed by atoms with van der Waals surface area (Å²) in [4.78, 5) is 13.2. The van der Waals surface area contributed by atoms with Crippen LogP contribution in [0.15, 0.2) is 24.3 Å². The molecule has 1 aromatic rings. The quantitative estimate of drug-likeness (QED) is 0.877. The normalized spacial score (nSPS) is 22.1. The molecule has 0 amide bonds. The number of aliphatic carboxylic acids is 1. The molecule has 1 heterocycles. The second kappa shape index (κ2) is 6.06. The van der Waals surface area contributed by atoms with Crippen LogP contribution in [-0.4, -0.2) is 33.7 Å². The van der Waals surface area contributed by atoms with Crippen molar-refractivity contribution < 1.29 is 15.0 Å². The highest BCUT2D eigenvalue weighted by atomic mass is 16.4. The molecule has 2 atom stereocenters. The van der Waals surface area contributed by atoms with E-state index < -0.39 is 5.97 Å². The Bertz CT molecular complexity index is 447. The van der Waals surface area contributed by atoms with Gasteiger partial charge in [-0.25, -0.2) is 0 Å². The van der Waals surface area contributed by atoms with Crippen molar-refractivity contribution in [1.29, 1.82) is 0 Å². The number of rotatable bonds is 4. The molecular formula is C15H21NO3. The van der Waals surface area contributed by atoms with E-state index in [0.717, 1.165) is 31.4 Å². The fourth-order valence-electron chi connectivity index (χ4n) is 2.93. The Labute approximate surface area is 113 Å². The van der Waals surface area contributed by atoms with E-state index in [1.54, 1.807) is 12.1 Å². The Hall–Kier alpha value is -1.55. The fraction of sp³-hybridized carbons (Fsp3) is 0.533. The third-order valence-corrected chi connectivity index (χ3v) is 3.93. The summed E-state index contributed by atoms with van der Waals surface area (Å²) < 4.78 is 0. The second-order valence-electron chi connectivity index (χ2n) is 5.26. The average molecular weight is 263 g/mol. The van der Waals surface area contributed by atoms with Gasteiger partial charge in [-0.2, -0.15) is 0 Å². The van der Waals surface area contributed by atoms with E-state index in [2.05, 4.69) is 11.8 Å². The maximum absolute atomic E-state index is 11.0. The number of carbonyl (C=O) groups is 1. The van der Waals surface area contributed by atoms with Crippen molar-refractivity contribution >= 4 is 5.97 Å². The zero-order valence-corrected chi connectivity index (χ0v) is 11.2. The molecule has 0 aromatic heterocycles. The minimum Gasteiger partial charge on any atom is -0.508 e. The Morgan fingerprint density at radius 3 is 2.95 bits per heavy atom. The molecule has 19 heavy (non-hydrogen) atoms. The molecule has 0 bridgehead atoms. The van der Waals surface area contributed by atoms with E-state index in [-0.39, 0.29) is 24.3 Å². The van der Waals surface area contributed by atoms with Crippen LogP contribution in [0.5, 0.6) is 5.75 Å². The number of hydrogen-bond acceptors (Lipinski definition) is 3. The van der Waals surface area contributed by atoms with Gasteiger partial charge in [-0.05, 0) is 44.0 Å². The van der Waals surface area contributed by atoms with Crippen LogP contribution in [0.2, 0.25) is 0 Å². The Kier molecular flexibility index (Phi) is 4.43. The highest BCUT2D eigenvalue weighted by Gasteiger charge is 2.28. The molecule has 2 N–H and O–H groups in total. The lowest BCUT2D eigenvalue weighted by Gasteiger charge is -2.39. The van der Waals surface area contributed by atoms with Gasteiger partial charge in [0.25, 0.3) is 0 Å².